The minimum absolute atomic E-state index is 0.909. The first kappa shape index (κ1) is 19.2. The number of hydrogen-bond acceptors (Lipinski definition) is 0. The summed E-state index contributed by atoms with van der Waals surface area (Å²) < 4.78 is 0. The van der Waals surface area contributed by atoms with Crippen LogP contribution < -0.4 is 0 Å². The second kappa shape index (κ2) is 16.3. The first-order chi connectivity index (χ1) is 9.85. The average molecular weight is 277 g/mol. The predicted octanol–water partition coefficient (Wildman–Crippen LogP) is 7.23. The van der Waals surface area contributed by atoms with Gasteiger partial charge in [0.05, 0.1) is 0 Å². The van der Waals surface area contributed by atoms with Gasteiger partial charge in [-0.05, 0) is 57.3 Å². The van der Waals surface area contributed by atoms with Gasteiger partial charge in [-0.2, -0.15) is 0 Å². The third-order valence-corrected chi connectivity index (χ3v) is 4.04. The zero-order valence-electron chi connectivity index (χ0n) is 13.8. The van der Waals surface area contributed by atoms with E-state index in [1.165, 1.54) is 77.0 Å². The molecule has 0 aromatic carbocycles. The fourth-order valence-corrected chi connectivity index (χ4v) is 2.57. The molecule has 0 bridgehead atoms. The van der Waals surface area contributed by atoms with Crippen LogP contribution in [0.1, 0.15) is 84.0 Å². The molecule has 0 amide bonds. The molecule has 0 aromatic rings. The van der Waals surface area contributed by atoms with Gasteiger partial charge >= 0.3 is 0 Å². The van der Waals surface area contributed by atoms with Crippen LogP contribution in [0.3, 0.4) is 0 Å². The summed E-state index contributed by atoms with van der Waals surface area (Å²) in [5.41, 5.74) is 0. The van der Waals surface area contributed by atoms with E-state index >= 15 is 0 Å². The van der Waals surface area contributed by atoms with Gasteiger partial charge in [0.2, 0.25) is 0 Å². The van der Waals surface area contributed by atoms with Crippen molar-refractivity contribution in [3.05, 3.63) is 37.5 Å². The largest absolute Gasteiger partial charge is 0.103 e. The molecule has 0 fully saturated rings. The zero-order chi connectivity index (χ0) is 14.9. The summed E-state index contributed by atoms with van der Waals surface area (Å²) in [4.78, 5) is 0. The topological polar surface area (TPSA) is 0 Å². The summed E-state index contributed by atoms with van der Waals surface area (Å²) in [7, 11) is 0. The maximum absolute atomic E-state index is 3.81. The molecule has 0 saturated heterocycles. The van der Waals surface area contributed by atoms with Gasteiger partial charge in [-0.3, -0.25) is 0 Å². The lowest BCUT2D eigenvalue weighted by Gasteiger charge is -2.12. The molecular weight excluding hydrogens is 240 g/mol. The van der Waals surface area contributed by atoms with Crippen LogP contribution in [0.25, 0.3) is 0 Å². The lowest BCUT2D eigenvalue weighted by atomic mass is 9.94. The van der Waals surface area contributed by atoms with E-state index in [-0.39, 0.29) is 0 Å². The monoisotopic (exact) mass is 276 g/mol. The van der Waals surface area contributed by atoms with Crippen molar-refractivity contribution in [2.75, 3.05) is 0 Å². The molecule has 0 aliphatic carbocycles. The molecule has 0 heteroatoms. The third-order valence-electron chi connectivity index (χ3n) is 4.04. The molecular formula is C20H36. The van der Waals surface area contributed by atoms with Crippen molar-refractivity contribution in [1.29, 1.82) is 0 Å². The second-order valence-corrected chi connectivity index (χ2v) is 5.82. The Labute approximate surface area is 128 Å². The summed E-state index contributed by atoms with van der Waals surface area (Å²) in [6.45, 7) is 9.88. The SMILES string of the molecule is C=CCCCCCC/C=C/CCCC(CC)CCC=C. The van der Waals surface area contributed by atoms with Gasteiger partial charge < -0.3 is 0 Å². The highest BCUT2D eigenvalue weighted by atomic mass is 14.1. The van der Waals surface area contributed by atoms with E-state index < -0.39 is 0 Å². The van der Waals surface area contributed by atoms with Crippen molar-refractivity contribution in [2.45, 2.75) is 84.0 Å². The standard InChI is InChI=1S/C20H36/c1-4-7-9-10-11-12-13-14-15-16-17-19-20(6-3)18-8-5-2/h4-5,14-15,20H,1-2,6-13,16-19H2,3H3/b15-14+. The van der Waals surface area contributed by atoms with Crippen LogP contribution in [0.4, 0.5) is 0 Å². The smallest absolute Gasteiger partial charge is 0.0351 e. The minimum Gasteiger partial charge on any atom is -0.103 e. The Morgan fingerprint density at radius 1 is 0.700 bits per heavy atom. The third kappa shape index (κ3) is 13.6. The van der Waals surface area contributed by atoms with Gasteiger partial charge in [0.25, 0.3) is 0 Å². The first-order valence-corrected chi connectivity index (χ1v) is 8.71. The highest BCUT2D eigenvalue weighted by molar-refractivity contribution is 4.82. The van der Waals surface area contributed by atoms with Crippen molar-refractivity contribution < 1.29 is 0 Å². The highest BCUT2D eigenvalue weighted by Crippen LogP contribution is 2.18. The van der Waals surface area contributed by atoms with Crippen molar-refractivity contribution in [3.63, 3.8) is 0 Å². The Kier molecular flexibility index (Phi) is 15.6. The molecule has 1 unspecified atom stereocenters. The maximum atomic E-state index is 3.81. The van der Waals surface area contributed by atoms with Crippen LogP contribution in [0.5, 0.6) is 0 Å². The zero-order valence-corrected chi connectivity index (χ0v) is 13.8. The fourth-order valence-electron chi connectivity index (χ4n) is 2.57. The molecule has 116 valence electrons. The fraction of sp³-hybridized carbons (Fsp3) is 0.700. The van der Waals surface area contributed by atoms with Gasteiger partial charge in [0.15, 0.2) is 0 Å². The van der Waals surface area contributed by atoms with Crippen LogP contribution in [0.2, 0.25) is 0 Å². The molecule has 0 nitrogen and oxygen atoms in total. The average Bonchev–Trinajstić information content (AvgIpc) is 2.48. The summed E-state index contributed by atoms with van der Waals surface area (Å²) in [5, 5.41) is 0. The van der Waals surface area contributed by atoms with Crippen LogP contribution >= 0.6 is 0 Å². The van der Waals surface area contributed by atoms with Gasteiger partial charge in [0, 0.05) is 0 Å². The Balaban J connectivity index is 3.33. The van der Waals surface area contributed by atoms with E-state index in [1.807, 2.05) is 6.08 Å². The van der Waals surface area contributed by atoms with Crippen molar-refractivity contribution in [1.82, 2.24) is 0 Å². The molecule has 20 heavy (non-hydrogen) atoms. The predicted molar refractivity (Wildman–Crippen MR) is 94.1 cm³/mol. The van der Waals surface area contributed by atoms with Crippen LogP contribution in [-0.2, 0) is 0 Å². The number of unbranched alkanes of at least 4 members (excludes halogenated alkanes) is 6. The molecule has 0 radical (unpaired) electrons. The minimum atomic E-state index is 0.909. The normalized spacial score (nSPS) is 12.7. The molecule has 0 aromatic heterocycles. The van der Waals surface area contributed by atoms with Crippen LogP contribution in [-0.4, -0.2) is 0 Å². The number of hydrogen-bond donors (Lipinski definition) is 0. The summed E-state index contributed by atoms with van der Waals surface area (Å²) >= 11 is 0. The Morgan fingerprint density at radius 2 is 1.30 bits per heavy atom. The van der Waals surface area contributed by atoms with Gasteiger partial charge in [-0.1, -0.05) is 56.9 Å². The lowest BCUT2D eigenvalue weighted by Crippen LogP contribution is -1.97. The lowest BCUT2D eigenvalue weighted by molar-refractivity contribution is 0.429. The second-order valence-electron chi connectivity index (χ2n) is 5.82. The molecule has 0 heterocycles. The van der Waals surface area contributed by atoms with E-state index in [9.17, 15) is 0 Å². The molecule has 0 rings (SSSR count). The quantitative estimate of drug-likeness (QED) is 0.218. The van der Waals surface area contributed by atoms with Gasteiger partial charge in [-0.15, -0.1) is 13.2 Å². The van der Waals surface area contributed by atoms with Crippen molar-refractivity contribution in [2.24, 2.45) is 5.92 Å². The number of allylic oxidation sites excluding steroid dienone is 4. The van der Waals surface area contributed by atoms with E-state index in [0.29, 0.717) is 0 Å². The van der Waals surface area contributed by atoms with E-state index in [1.54, 1.807) is 0 Å². The first-order valence-electron chi connectivity index (χ1n) is 8.71. The van der Waals surface area contributed by atoms with Crippen molar-refractivity contribution in [3.8, 4) is 0 Å². The molecule has 0 aliphatic heterocycles. The van der Waals surface area contributed by atoms with Gasteiger partial charge in [0.1, 0.15) is 0 Å². The van der Waals surface area contributed by atoms with E-state index in [4.69, 9.17) is 0 Å². The molecule has 0 aliphatic rings. The van der Waals surface area contributed by atoms with Gasteiger partial charge in [-0.25, -0.2) is 0 Å². The highest BCUT2D eigenvalue weighted by Gasteiger charge is 2.03. The van der Waals surface area contributed by atoms with Crippen LogP contribution in [0.15, 0.2) is 37.5 Å². The number of rotatable bonds is 15. The Morgan fingerprint density at radius 3 is 1.90 bits per heavy atom. The molecule has 0 spiro atoms. The maximum Gasteiger partial charge on any atom is -0.0351 e. The summed E-state index contributed by atoms with van der Waals surface area (Å²) in [6, 6.07) is 0. The molecule has 0 N–H and O–H groups in total. The van der Waals surface area contributed by atoms with E-state index in [0.717, 1.165) is 5.92 Å². The van der Waals surface area contributed by atoms with Crippen LogP contribution in [0, 0.1) is 5.92 Å². The summed E-state index contributed by atoms with van der Waals surface area (Å²) in [5.74, 6) is 0.909. The van der Waals surface area contributed by atoms with E-state index in [2.05, 4.69) is 38.3 Å². The Bertz CT molecular complexity index is 236. The summed E-state index contributed by atoms with van der Waals surface area (Å²) in [6.07, 6.45) is 24.5. The Hall–Kier alpha value is -0.780. The molecule has 0 saturated carbocycles. The molecule has 1 atom stereocenters. The van der Waals surface area contributed by atoms with Crippen molar-refractivity contribution >= 4 is 0 Å².